The molecule has 0 unspecified atom stereocenters. The van der Waals surface area contributed by atoms with Crippen LogP contribution >= 0.6 is 0 Å². The van der Waals surface area contributed by atoms with E-state index in [1.54, 1.807) is 18.2 Å². The summed E-state index contributed by atoms with van der Waals surface area (Å²) in [5, 5.41) is 49.2. The number of para-hydroxylation sites is 1. The van der Waals surface area contributed by atoms with E-state index in [4.69, 9.17) is 10.5 Å². The van der Waals surface area contributed by atoms with Gasteiger partial charge in [0.15, 0.2) is 28.9 Å². The fourth-order valence-corrected chi connectivity index (χ4v) is 3.62. The number of nitrogens with one attached hydrogen (secondary N) is 1. The number of nitrogens with two attached hydrogens (primary N) is 1. The monoisotopic (exact) mass is 426 g/mol. The number of anilines is 1. The second kappa shape index (κ2) is 7.24. The van der Waals surface area contributed by atoms with E-state index >= 15 is 0 Å². The van der Waals surface area contributed by atoms with Crippen LogP contribution in [0.3, 0.4) is 0 Å². The number of fused-ring (bicyclic) bond motifs is 2. The largest absolute Gasteiger partial charge is 0.493 e. The molecule has 31 heavy (non-hydrogen) atoms. The molecule has 3 aromatic heterocycles. The summed E-state index contributed by atoms with van der Waals surface area (Å²) in [7, 11) is 0. The standard InChI is InChI=1S/C18H18N8O5/c19-14-11-15(21-6-20-14)26(17-13(29)12(28)9(5-27)31-17)18(23-11)25-24-10-7-3-1-2-4-8(7)22-16(10)30/h1-4,6,9,12-13,17,22,27-30H,5H2,(H2,19,20,21)/t9-,12-,13-,17-/m0/s1. The fourth-order valence-electron chi connectivity index (χ4n) is 3.62. The van der Waals surface area contributed by atoms with E-state index in [9.17, 15) is 20.4 Å². The maximum Gasteiger partial charge on any atom is 0.254 e. The lowest BCUT2D eigenvalue weighted by atomic mass is 10.1. The Kier molecular flexibility index (Phi) is 4.51. The molecule has 4 aromatic rings. The number of aromatic amines is 1. The number of nitrogens with zero attached hydrogens (tertiary/aromatic N) is 6. The van der Waals surface area contributed by atoms with Crippen molar-refractivity contribution in [2.75, 3.05) is 12.3 Å². The topological polar surface area (TPSA) is 200 Å². The highest BCUT2D eigenvalue weighted by atomic mass is 16.6. The number of hydrogen-bond acceptors (Lipinski definition) is 11. The van der Waals surface area contributed by atoms with Crippen molar-refractivity contribution >= 4 is 39.5 Å². The van der Waals surface area contributed by atoms with Gasteiger partial charge in [0, 0.05) is 5.39 Å². The molecule has 1 aliphatic heterocycles. The average molecular weight is 426 g/mol. The molecule has 1 saturated heterocycles. The van der Waals surface area contributed by atoms with Gasteiger partial charge in [0.2, 0.25) is 5.88 Å². The van der Waals surface area contributed by atoms with E-state index in [0.717, 1.165) is 0 Å². The number of aliphatic hydroxyl groups is 3. The Bertz CT molecular complexity index is 1300. The minimum atomic E-state index is -1.40. The molecular weight excluding hydrogens is 408 g/mol. The summed E-state index contributed by atoms with van der Waals surface area (Å²) >= 11 is 0. The lowest BCUT2D eigenvalue weighted by Gasteiger charge is -2.17. The van der Waals surface area contributed by atoms with Crippen LogP contribution in [0.4, 0.5) is 17.5 Å². The molecule has 7 N–H and O–H groups in total. The molecule has 4 heterocycles. The zero-order valence-electron chi connectivity index (χ0n) is 15.9. The minimum Gasteiger partial charge on any atom is -0.493 e. The number of aromatic hydroxyl groups is 1. The van der Waals surface area contributed by atoms with Crippen LogP contribution < -0.4 is 5.73 Å². The second-order valence-corrected chi connectivity index (χ2v) is 7.01. The zero-order valence-corrected chi connectivity index (χ0v) is 15.9. The zero-order chi connectivity index (χ0) is 21.7. The molecular formula is C18H18N8O5. The van der Waals surface area contributed by atoms with Crippen molar-refractivity contribution in [3.8, 4) is 5.88 Å². The SMILES string of the molecule is Nc1ncnc2c1nc(N=Nc1c(O)[nH]c3ccccc13)n2[C@H]1O[C@@H](CO)[C@H](O)[C@@H]1O. The Morgan fingerprint density at radius 1 is 1.16 bits per heavy atom. The first kappa shape index (κ1) is 19.3. The lowest BCUT2D eigenvalue weighted by molar-refractivity contribution is -0.0503. The van der Waals surface area contributed by atoms with Crippen LogP contribution in [0.2, 0.25) is 0 Å². The normalized spacial score (nSPS) is 24.1. The molecule has 0 amide bonds. The lowest BCUT2D eigenvalue weighted by Crippen LogP contribution is -2.33. The van der Waals surface area contributed by atoms with Crippen LogP contribution in [0, 0.1) is 0 Å². The van der Waals surface area contributed by atoms with Crippen molar-refractivity contribution in [1.29, 1.82) is 0 Å². The number of imidazole rings is 1. The van der Waals surface area contributed by atoms with Gasteiger partial charge in [-0.05, 0) is 6.07 Å². The van der Waals surface area contributed by atoms with Crippen LogP contribution in [0.25, 0.3) is 22.1 Å². The highest BCUT2D eigenvalue weighted by molar-refractivity contribution is 5.94. The molecule has 1 aliphatic rings. The van der Waals surface area contributed by atoms with Gasteiger partial charge in [-0.15, -0.1) is 10.2 Å². The first-order chi connectivity index (χ1) is 15.0. The molecule has 5 rings (SSSR count). The number of aromatic nitrogens is 5. The molecule has 0 radical (unpaired) electrons. The van der Waals surface area contributed by atoms with Crippen molar-refractivity contribution in [3.05, 3.63) is 30.6 Å². The highest BCUT2D eigenvalue weighted by Crippen LogP contribution is 2.39. The summed E-state index contributed by atoms with van der Waals surface area (Å²) in [6.07, 6.45) is -3.71. The number of nitrogen functional groups attached to an aromatic ring is 1. The number of hydrogen-bond donors (Lipinski definition) is 6. The van der Waals surface area contributed by atoms with Gasteiger partial charge in [-0.3, -0.25) is 4.57 Å². The summed E-state index contributed by atoms with van der Waals surface area (Å²) in [6, 6.07) is 7.14. The van der Waals surface area contributed by atoms with Gasteiger partial charge in [0.25, 0.3) is 5.95 Å². The summed E-state index contributed by atoms with van der Waals surface area (Å²) < 4.78 is 6.93. The number of H-pyrrole nitrogens is 1. The van der Waals surface area contributed by atoms with Crippen LogP contribution in [0.15, 0.2) is 40.8 Å². The van der Waals surface area contributed by atoms with Crippen molar-refractivity contribution in [2.24, 2.45) is 10.2 Å². The number of benzene rings is 1. The third-order valence-corrected chi connectivity index (χ3v) is 5.16. The van der Waals surface area contributed by atoms with Gasteiger partial charge >= 0.3 is 0 Å². The summed E-state index contributed by atoms with van der Waals surface area (Å²) in [5.41, 5.74) is 7.15. The number of aliphatic hydroxyl groups excluding tert-OH is 3. The molecule has 160 valence electrons. The van der Waals surface area contributed by atoms with Crippen molar-refractivity contribution < 1.29 is 25.2 Å². The first-order valence-electron chi connectivity index (χ1n) is 9.32. The number of rotatable bonds is 4. The van der Waals surface area contributed by atoms with E-state index in [1.165, 1.54) is 10.9 Å². The Hall–Kier alpha value is -3.65. The predicted octanol–water partition coefficient (Wildman–Crippen LogP) is 0.622. The minimum absolute atomic E-state index is 0.0540. The molecule has 13 nitrogen and oxygen atoms in total. The fraction of sp³-hybridized carbons (Fsp3) is 0.278. The van der Waals surface area contributed by atoms with E-state index < -0.39 is 31.1 Å². The predicted molar refractivity (Wildman–Crippen MR) is 107 cm³/mol. The van der Waals surface area contributed by atoms with E-state index in [0.29, 0.717) is 10.9 Å². The van der Waals surface area contributed by atoms with Crippen LogP contribution in [0.5, 0.6) is 5.88 Å². The Morgan fingerprint density at radius 3 is 2.74 bits per heavy atom. The molecule has 0 bridgehead atoms. The van der Waals surface area contributed by atoms with Crippen LogP contribution in [-0.2, 0) is 4.74 Å². The van der Waals surface area contributed by atoms with Gasteiger partial charge < -0.3 is 35.9 Å². The smallest absolute Gasteiger partial charge is 0.254 e. The maximum absolute atomic E-state index is 10.5. The Balaban J connectivity index is 1.65. The number of ether oxygens (including phenoxy) is 1. The average Bonchev–Trinajstić information content (AvgIpc) is 3.38. The highest BCUT2D eigenvalue weighted by Gasteiger charge is 2.45. The molecule has 4 atom stereocenters. The quantitative estimate of drug-likeness (QED) is 0.253. The summed E-state index contributed by atoms with van der Waals surface area (Å²) in [5.74, 6) is -0.163. The Labute approximate surface area is 173 Å². The third kappa shape index (κ3) is 2.98. The number of azo groups is 1. The maximum atomic E-state index is 10.5. The molecule has 0 saturated carbocycles. The van der Waals surface area contributed by atoms with Crippen molar-refractivity contribution in [3.63, 3.8) is 0 Å². The van der Waals surface area contributed by atoms with E-state index in [1.807, 2.05) is 6.07 Å². The molecule has 0 aliphatic carbocycles. The van der Waals surface area contributed by atoms with Crippen LogP contribution in [0.1, 0.15) is 6.23 Å². The van der Waals surface area contributed by atoms with Gasteiger partial charge in [0.05, 0.1) is 12.1 Å². The summed E-state index contributed by atoms with van der Waals surface area (Å²) in [4.78, 5) is 15.1. The molecule has 1 fully saturated rings. The van der Waals surface area contributed by atoms with Gasteiger partial charge in [-0.25, -0.2) is 15.0 Å². The van der Waals surface area contributed by atoms with Gasteiger partial charge in [-0.1, -0.05) is 18.2 Å². The molecule has 13 heteroatoms. The van der Waals surface area contributed by atoms with Gasteiger partial charge in [-0.2, -0.15) is 0 Å². The Morgan fingerprint density at radius 2 is 1.97 bits per heavy atom. The first-order valence-corrected chi connectivity index (χ1v) is 9.32. The van der Waals surface area contributed by atoms with Crippen molar-refractivity contribution in [2.45, 2.75) is 24.5 Å². The van der Waals surface area contributed by atoms with Crippen LogP contribution in [-0.4, -0.2) is 69.8 Å². The van der Waals surface area contributed by atoms with Crippen molar-refractivity contribution in [1.82, 2.24) is 24.5 Å². The van der Waals surface area contributed by atoms with E-state index in [-0.39, 0.29) is 34.5 Å². The molecule has 0 spiro atoms. The third-order valence-electron chi connectivity index (χ3n) is 5.16. The summed E-state index contributed by atoms with van der Waals surface area (Å²) in [6.45, 7) is -0.501. The second-order valence-electron chi connectivity index (χ2n) is 7.01. The van der Waals surface area contributed by atoms with Gasteiger partial charge in [0.1, 0.15) is 24.6 Å². The molecule has 1 aromatic carbocycles. The van der Waals surface area contributed by atoms with E-state index in [2.05, 4.69) is 30.2 Å².